The molecule has 4 aromatic rings. The Labute approximate surface area is 155 Å². The molecule has 11 nitrogen and oxygen atoms in total. The average Bonchev–Trinajstić information content (AvgIpc) is 3.12. The molecule has 11 heteroatoms. The molecule has 0 radical (unpaired) electrons. The molecule has 3 heterocycles. The van der Waals surface area contributed by atoms with Gasteiger partial charge in [0.15, 0.2) is 11.2 Å². The summed E-state index contributed by atoms with van der Waals surface area (Å²) >= 11 is 0. The van der Waals surface area contributed by atoms with Crippen LogP contribution in [0.2, 0.25) is 0 Å². The van der Waals surface area contributed by atoms with E-state index in [4.69, 9.17) is 0 Å². The van der Waals surface area contributed by atoms with E-state index in [0.29, 0.717) is 16.8 Å². The molecule has 0 spiro atoms. The summed E-state index contributed by atoms with van der Waals surface area (Å²) in [6, 6.07) is 5.81. The highest BCUT2D eigenvalue weighted by molar-refractivity contribution is 5.96. The van der Waals surface area contributed by atoms with E-state index in [-0.39, 0.29) is 22.4 Å². The number of aromatic nitrogens is 5. The third-order valence-corrected chi connectivity index (χ3v) is 4.32. The highest BCUT2D eigenvalue weighted by Gasteiger charge is 2.19. The van der Waals surface area contributed by atoms with Gasteiger partial charge in [-0.1, -0.05) is 0 Å². The maximum Gasteiger partial charge on any atom is 0.343 e. The number of ether oxygens (including phenoxy) is 1. The van der Waals surface area contributed by atoms with Gasteiger partial charge in [-0.25, -0.2) is 9.31 Å². The number of hydrogen-bond acceptors (Lipinski definition) is 8. The number of nitro groups is 1. The zero-order valence-electron chi connectivity index (χ0n) is 14.7. The van der Waals surface area contributed by atoms with Crippen LogP contribution in [0.3, 0.4) is 0 Å². The van der Waals surface area contributed by atoms with Crippen LogP contribution in [0.15, 0.2) is 41.5 Å². The number of nitro benzene ring substituents is 1. The van der Waals surface area contributed by atoms with Crippen LogP contribution >= 0.6 is 0 Å². The smallest absolute Gasteiger partial charge is 0.343 e. The van der Waals surface area contributed by atoms with Crippen molar-refractivity contribution in [2.45, 2.75) is 6.92 Å². The molecule has 0 unspecified atom stereocenters. The summed E-state index contributed by atoms with van der Waals surface area (Å²) in [6.45, 7) is 1.67. The third kappa shape index (κ3) is 2.48. The first-order valence-corrected chi connectivity index (χ1v) is 8.02. The van der Waals surface area contributed by atoms with Gasteiger partial charge in [-0.15, -0.1) is 10.2 Å². The van der Waals surface area contributed by atoms with Crippen molar-refractivity contribution in [3.8, 4) is 5.69 Å². The molecule has 0 bridgehead atoms. The molecule has 0 N–H and O–H groups in total. The van der Waals surface area contributed by atoms with Crippen molar-refractivity contribution >= 4 is 28.3 Å². The Morgan fingerprint density at radius 1 is 1.25 bits per heavy atom. The lowest BCUT2D eigenvalue weighted by Gasteiger charge is -2.10. The molecule has 3 aromatic heterocycles. The summed E-state index contributed by atoms with van der Waals surface area (Å²) in [5, 5.41) is 22.9. The van der Waals surface area contributed by atoms with E-state index >= 15 is 0 Å². The molecule has 0 atom stereocenters. The molecule has 0 aliphatic carbocycles. The largest absolute Gasteiger partial charge is 0.465 e. The van der Waals surface area contributed by atoms with Crippen molar-refractivity contribution in [3.05, 3.63) is 68.3 Å². The van der Waals surface area contributed by atoms with Crippen LogP contribution in [0.4, 0.5) is 5.69 Å². The number of esters is 1. The summed E-state index contributed by atoms with van der Waals surface area (Å²) in [7, 11) is 1.24. The lowest BCUT2D eigenvalue weighted by Crippen LogP contribution is -2.21. The number of hydrogen-bond donors (Lipinski definition) is 0. The van der Waals surface area contributed by atoms with Gasteiger partial charge in [-0.05, 0) is 24.6 Å². The molecule has 0 saturated carbocycles. The Morgan fingerprint density at radius 2 is 2.04 bits per heavy atom. The maximum atomic E-state index is 12.9. The molecule has 0 aliphatic rings. The van der Waals surface area contributed by atoms with E-state index < -0.39 is 16.5 Å². The number of methoxy groups -OCH3 is 1. The van der Waals surface area contributed by atoms with Gasteiger partial charge in [-0.3, -0.25) is 19.5 Å². The Kier molecular flexibility index (Phi) is 3.84. The fourth-order valence-electron chi connectivity index (χ4n) is 2.96. The predicted molar refractivity (Wildman–Crippen MR) is 96.6 cm³/mol. The van der Waals surface area contributed by atoms with Gasteiger partial charge in [0.1, 0.15) is 11.1 Å². The lowest BCUT2D eigenvalue weighted by molar-refractivity contribution is -0.384. The molecule has 4 rings (SSSR count). The van der Waals surface area contributed by atoms with Crippen molar-refractivity contribution in [1.82, 2.24) is 24.4 Å². The van der Waals surface area contributed by atoms with E-state index in [2.05, 4.69) is 20.0 Å². The normalized spacial score (nSPS) is 11.1. The Bertz CT molecular complexity index is 1340. The second-order valence-electron chi connectivity index (χ2n) is 5.94. The molecule has 0 amide bonds. The van der Waals surface area contributed by atoms with Crippen molar-refractivity contribution in [1.29, 1.82) is 0 Å². The number of carbonyl (C=O) groups is 1. The first kappa shape index (κ1) is 17.3. The molecule has 28 heavy (non-hydrogen) atoms. The number of benzene rings is 1. The quantitative estimate of drug-likeness (QED) is 0.296. The number of nitrogens with zero attached hydrogens (tertiary/aromatic N) is 6. The van der Waals surface area contributed by atoms with Gasteiger partial charge >= 0.3 is 5.97 Å². The van der Waals surface area contributed by atoms with E-state index in [0.717, 1.165) is 0 Å². The zero-order valence-corrected chi connectivity index (χ0v) is 14.7. The van der Waals surface area contributed by atoms with Gasteiger partial charge in [0.05, 0.1) is 23.9 Å². The van der Waals surface area contributed by atoms with Gasteiger partial charge in [0.25, 0.3) is 11.2 Å². The van der Waals surface area contributed by atoms with Crippen LogP contribution in [0.25, 0.3) is 22.4 Å². The molecule has 0 fully saturated rings. The number of non-ortho nitro benzene ring substituents is 1. The molecular formula is C17H12N6O5. The monoisotopic (exact) mass is 380 g/mol. The highest BCUT2D eigenvalue weighted by Crippen LogP contribution is 2.20. The molecular weight excluding hydrogens is 368 g/mol. The maximum absolute atomic E-state index is 12.9. The van der Waals surface area contributed by atoms with Crippen LogP contribution in [-0.4, -0.2) is 42.4 Å². The zero-order chi connectivity index (χ0) is 20.0. The summed E-state index contributed by atoms with van der Waals surface area (Å²) in [5.41, 5.74) is 1.19. The summed E-state index contributed by atoms with van der Waals surface area (Å²) in [6.07, 6.45) is 2.81. The summed E-state index contributed by atoms with van der Waals surface area (Å²) < 4.78 is 7.34. The topological polar surface area (TPSA) is 135 Å². The summed E-state index contributed by atoms with van der Waals surface area (Å²) in [4.78, 5) is 35.1. The predicted octanol–water partition coefficient (Wildman–Crippen LogP) is 1.43. The Hall–Kier alpha value is -4.15. The molecule has 0 aliphatic heterocycles. The highest BCUT2D eigenvalue weighted by atomic mass is 16.6. The SMILES string of the molecule is COC(=O)c1cnn2c1nnc1c(=O)n(-c3ccc([N+](=O)[O-])cc3C)ccc12. The number of carbonyl (C=O) groups excluding carboxylic acids is 1. The average molecular weight is 380 g/mol. The molecule has 140 valence electrons. The van der Waals surface area contributed by atoms with E-state index in [1.807, 2.05) is 0 Å². The fourth-order valence-corrected chi connectivity index (χ4v) is 2.96. The minimum Gasteiger partial charge on any atom is -0.465 e. The first-order chi connectivity index (χ1) is 13.4. The second-order valence-corrected chi connectivity index (χ2v) is 5.94. The number of rotatable bonds is 3. The minimum atomic E-state index is -0.613. The van der Waals surface area contributed by atoms with Crippen LogP contribution in [0.5, 0.6) is 0 Å². The Morgan fingerprint density at radius 3 is 2.71 bits per heavy atom. The van der Waals surface area contributed by atoms with E-state index in [1.165, 1.54) is 46.8 Å². The van der Waals surface area contributed by atoms with Crippen molar-refractivity contribution in [2.24, 2.45) is 0 Å². The van der Waals surface area contributed by atoms with Crippen LogP contribution in [0.1, 0.15) is 15.9 Å². The fraction of sp³-hybridized carbons (Fsp3) is 0.118. The van der Waals surface area contributed by atoms with Crippen LogP contribution in [0, 0.1) is 17.0 Å². The van der Waals surface area contributed by atoms with Crippen molar-refractivity contribution in [2.75, 3.05) is 7.11 Å². The van der Waals surface area contributed by atoms with E-state index in [1.54, 1.807) is 13.0 Å². The van der Waals surface area contributed by atoms with E-state index in [9.17, 15) is 19.7 Å². The van der Waals surface area contributed by atoms with Crippen molar-refractivity contribution in [3.63, 3.8) is 0 Å². The number of pyridine rings is 1. The van der Waals surface area contributed by atoms with Crippen LogP contribution < -0.4 is 5.56 Å². The minimum absolute atomic E-state index is 0.0345. The second kappa shape index (κ2) is 6.23. The first-order valence-electron chi connectivity index (χ1n) is 8.02. The Balaban J connectivity index is 1.93. The van der Waals surface area contributed by atoms with Gasteiger partial charge in [-0.2, -0.15) is 5.10 Å². The molecule has 1 aromatic carbocycles. The standard InChI is InChI=1S/C17H12N6O5/c1-9-7-10(23(26)27)3-4-12(9)21-6-5-13-14(16(21)24)19-20-15-11(17(25)28-2)8-18-22(13)15/h3-8H,1-2H3. The third-order valence-electron chi connectivity index (χ3n) is 4.32. The number of aryl methyl sites for hydroxylation is 1. The van der Waals surface area contributed by atoms with Gasteiger partial charge in [0, 0.05) is 18.3 Å². The number of fused-ring (bicyclic) bond motifs is 3. The summed E-state index contributed by atoms with van der Waals surface area (Å²) in [5.74, 6) is -0.613. The lowest BCUT2D eigenvalue weighted by atomic mass is 10.1. The van der Waals surface area contributed by atoms with Crippen molar-refractivity contribution < 1.29 is 14.5 Å². The van der Waals surface area contributed by atoms with Crippen LogP contribution in [-0.2, 0) is 4.74 Å². The van der Waals surface area contributed by atoms with Gasteiger partial charge in [0.2, 0.25) is 0 Å². The van der Waals surface area contributed by atoms with Gasteiger partial charge < -0.3 is 4.74 Å². The molecule has 0 saturated heterocycles.